The summed E-state index contributed by atoms with van der Waals surface area (Å²) in [4.78, 5) is 24.4. The number of nitrogens with zero attached hydrogens (tertiary/aromatic N) is 2. The highest BCUT2D eigenvalue weighted by atomic mass is 32.1. The van der Waals surface area contributed by atoms with Gasteiger partial charge in [0.15, 0.2) is 11.5 Å². The first-order valence-electron chi connectivity index (χ1n) is 8.88. The Morgan fingerprint density at radius 1 is 1.21 bits per heavy atom. The minimum atomic E-state index is -1.16. The number of carbonyl (C=O) groups is 2. The Balaban J connectivity index is 1.87. The highest BCUT2D eigenvalue weighted by molar-refractivity contribution is 7.12. The summed E-state index contributed by atoms with van der Waals surface area (Å²) in [5.41, 5.74) is 1.71. The summed E-state index contributed by atoms with van der Waals surface area (Å²) in [5.74, 6) is -0.189. The van der Waals surface area contributed by atoms with Gasteiger partial charge < -0.3 is 19.4 Å². The zero-order chi connectivity index (χ0) is 20.1. The average molecular weight is 401 g/mol. The largest absolute Gasteiger partial charge is 0.550 e. The molecule has 1 atom stereocenters. The molecule has 1 amide bonds. The van der Waals surface area contributed by atoms with E-state index in [-0.39, 0.29) is 31.2 Å². The summed E-state index contributed by atoms with van der Waals surface area (Å²) in [6, 6.07) is 9.17. The summed E-state index contributed by atoms with van der Waals surface area (Å²) in [6.45, 7) is 0. The summed E-state index contributed by atoms with van der Waals surface area (Å²) in [7, 11) is 3.13. The Bertz CT molecular complexity index is 879. The number of hydrogen-bond acceptors (Lipinski definition) is 7. The van der Waals surface area contributed by atoms with E-state index in [1.165, 1.54) is 5.01 Å². The molecule has 0 fully saturated rings. The van der Waals surface area contributed by atoms with Crippen molar-refractivity contribution < 1.29 is 24.2 Å². The van der Waals surface area contributed by atoms with Crippen molar-refractivity contribution in [3.8, 4) is 11.5 Å². The van der Waals surface area contributed by atoms with E-state index in [1.54, 1.807) is 31.6 Å². The second-order valence-corrected chi connectivity index (χ2v) is 7.27. The molecule has 2 aromatic rings. The molecule has 0 radical (unpaired) electrons. The number of carboxylic acid groups (broad SMARTS) is 1. The van der Waals surface area contributed by atoms with Crippen LogP contribution in [0.4, 0.5) is 0 Å². The molecule has 3 rings (SSSR count). The molecule has 1 aliphatic heterocycles. The van der Waals surface area contributed by atoms with E-state index in [1.807, 2.05) is 29.6 Å². The fraction of sp³-hybridized carbons (Fsp3) is 0.350. The molecule has 7 nitrogen and oxygen atoms in total. The number of benzene rings is 1. The second kappa shape index (κ2) is 8.88. The lowest BCUT2D eigenvalue weighted by atomic mass is 10.00. The molecule has 1 aromatic heterocycles. The van der Waals surface area contributed by atoms with Crippen molar-refractivity contribution in [1.82, 2.24) is 5.01 Å². The van der Waals surface area contributed by atoms with E-state index in [4.69, 9.17) is 9.47 Å². The van der Waals surface area contributed by atoms with Crippen LogP contribution in [-0.4, -0.2) is 36.8 Å². The molecule has 1 unspecified atom stereocenters. The van der Waals surface area contributed by atoms with Crippen molar-refractivity contribution in [1.29, 1.82) is 0 Å². The summed E-state index contributed by atoms with van der Waals surface area (Å²) in [5, 5.41) is 18.6. The lowest BCUT2D eigenvalue weighted by Gasteiger charge is -2.23. The van der Waals surface area contributed by atoms with E-state index in [9.17, 15) is 14.7 Å². The first kappa shape index (κ1) is 19.9. The van der Waals surface area contributed by atoms with E-state index < -0.39 is 5.97 Å². The fourth-order valence-electron chi connectivity index (χ4n) is 3.15. The molecule has 2 heterocycles. The Labute approximate surface area is 167 Å². The van der Waals surface area contributed by atoms with E-state index in [0.717, 1.165) is 16.2 Å². The van der Waals surface area contributed by atoms with Gasteiger partial charge in [0.1, 0.15) is 0 Å². The zero-order valence-electron chi connectivity index (χ0n) is 15.7. The highest BCUT2D eigenvalue weighted by Crippen LogP contribution is 2.38. The van der Waals surface area contributed by atoms with Crippen LogP contribution in [0.25, 0.3) is 0 Å². The lowest BCUT2D eigenvalue weighted by molar-refractivity contribution is -0.305. The third-order valence-corrected chi connectivity index (χ3v) is 5.45. The van der Waals surface area contributed by atoms with Gasteiger partial charge in [-0.1, -0.05) is 12.1 Å². The topological polar surface area (TPSA) is 91.3 Å². The number of carboxylic acids is 1. The van der Waals surface area contributed by atoms with Gasteiger partial charge in [0.05, 0.1) is 30.9 Å². The van der Waals surface area contributed by atoms with Gasteiger partial charge >= 0.3 is 0 Å². The van der Waals surface area contributed by atoms with Crippen LogP contribution in [0, 0.1) is 0 Å². The standard InChI is InChI=1S/C20H22N2O5S/c1-26-16-9-8-13(11-17(16)27-2)15-12-14(18-5-4-10-28-18)21-22(15)19(23)6-3-7-20(24)25/h4-5,8-11,15H,3,6-7,12H2,1-2H3,(H,24,25)/p-1. The second-order valence-electron chi connectivity index (χ2n) is 6.32. The summed E-state index contributed by atoms with van der Waals surface area (Å²) < 4.78 is 10.7. The van der Waals surface area contributed by atoms with Crippen molar-refractivity contribution in [2.45, 2.75) is 31.7 Å². The number of hydrazone groups is 1. The highest BCUT2D eigenvalue weighted by Gasteiger charge is 2.33. The molecular weight excluding hydrogens is 380 g/mol. The number of methoxy groups -OCH3 is 2. The zero-order valence-corrected chi connectivity index (χ0v) is 16.5. The van der Waals surface area contributed by atoms with Crippen LogP contribution in [0.5, 0.6) is 11.5 Å². The average Bonchev–Trinajstić information content (AvgIpc) is 3.36. The van der Waals surface area contributed by atoms with Crippen molar-refractivity contribution in [3.63, 3.8) is 0 Å². The van der Waals surface area contributed by atoms with E-state index in [2.05, 4.69) is 5.10 Å². The molecule has 0 spiro atoms. The van der Waals surface area contributed by atoms with Crippen LogP contribution < -0.4 is 14.6 Å². The van der Waals surface area contributed by atoms with Gasteiger partial charge in [-0.25, -0.2) is 5.01 Å². The SMILES string of the molecule is COc1ccc(C2CC(c3cccs3)=NN2C(=O)CCCC(=O)[O-])cc1OC. The van der Waals surface area contributed by atoms with Crippen molar-refractivity contribution >= 4 is 28.9 Å². The number of amides is 1. The van der Waals surface area contributed by atoms with Crippen LogP contribution in [0.3, 0.4) is 0 Å². The van der Waals surface area contributed by atoms with Crippen molar-refractivity contribution in [2.24, 2.45) is 5.10 Å². The number of ether oxygens (including phenoxy) is 2. The van der Waals surface area contributed by atoms with Gasteiger partial charge in [0.25, 0.3) is 0 Å². The molecule has 0 aliphatic carbocycles. The van der Waals surface area contributed by atoms with Crippen LogP contribution in [0.2, 0.25) is 0 Å². The molecule has 0 bridgehead atoms. The van der Waals surface area contributed by atoms with Crippen LogP contribution in [0.15, 0.2) is 40.8 Å². The Morgan fingerprint density at radius 2 is 2.00 bits per heavy atom. The van der Waals surface area contributed by atoms with Crippen LogP contribution >= 0.6 is 11.3 Å². The summed E-state index contributed by atoms with van der Waals surface area (Å²) >= 11 is 1.57. The molecule has 0 saturated heterocycles. The lowest BCUT2D eigenvalue weighted by Crippen LogP contribution is -2.28. The molecule has 148 valence electrons. The number of carbonyl (C=O) groups excluding carboxylic acids is 2. The Kier molecular flexibility index (Phi) is 6.30. The maximum Gasteiger partial charge on any atom is 0.243 e. The maximum atomic E-state index is 12.8. The number of rotatable bonds is 8. The van der Waals surface area contributed by atoms with Gasteiger partial charge in [0, 0.05) is 18.8 Å². The first-order valence-corrected chi connectivity index (χ1v) is 9.76. The van der Waals surface area contributed by atoms with Gasteiger partial charge in [-0.15, -0.1) is 11.3 Å². The van der Waals surface area contributed by atoms with Gasteiger partial charge in [-0.2, -0.15) is 5.10 Å². The smallest absolute Gasteiger partial charge is 0.243 e. The van der Waals surface area contributed by atoms with Gasteiger partial charge in [-0.05, 0) is 42.0 Å². The Hall–Kier alpha value is -2.87. The van der Waals surface area contributed by atoms with Crippen molar-refractivity contribution in [3.05, 3.63) is 46.2 Å². The fourth-order valence-corrected chi connectivity index (χ4v) is 3.87. The quantitative estimate of drug-likeness (QED) is 0.677. The van der Waals surface area contributed by atoms with Gasteiger partial charge in [0.2, 0.25) is 5.91 Å². The number of hydrogen-bond donors (Lipinski definition) is 0. The van der Waals surface area contributed by atoms with Gasteiger partial charge in [-0.3, -0.25) is 4.79 Å². The van der Waals surface area contributed by atoms with Crippen molar-refractivity contribution in [2.75, 3.05) is 14.2 Å². The Morgan fingerprint density at radius 3 is 2.64 bits per heavy atom. The molecular formula is C20H21N2O5S-. The number of thiophene rings is 1. The summed E-state index contributed by atoms with van der Waals surface area (Å²) in [6.07, 6.45) is 0.740. The predicted molar refractivity (Wildman–Crippen MR) is 103 cm³/mol. The minimum Gasteiger partial charge on any atom is -0.550 e. The minimum absolute atomic E-state index is 0.0962. The first-order chi connectivity index (χ1) is 13.5. The molecule has 28 heavy (non-hydrogen) atoms. The normalized spacial score (nSPS) is 16.0. The molecule has 1 aromatic carbocycles. The molecule has 0 N–H and O–H groups in total. The van der Waals surface area contributed by atoms with Crippen LogP contribution in [-0.2, 0) is 9.59 Å². The predicted octanol–water partition coefficient (Wildman–Crippen LogP) is 2.36. The monoisotopic (exact) mass is 401 g/mol. The van der Waals surface area contributed by atoms with Crippen LogP contribution in [0.1, 0.15) is 42.2 Å². The molecule has 1 aliphatic rings. The van der Waals surface area contributed by atoms with E-state index >= 15 is 0 Å². The molecule has 8 heteroatoms. The third kappa shape index (κ3) is 4.33. The maximum absolute atomic E-state index is 12.8. The third-order valence-electron chi connectivity index (χ3n) is 4.54. The van der Waals surface area contributed by atoms with E-state index in [0.29, 0.717) is 17.9 Å². The molecule has 0 saturated carbocycles. The number of aliphatic carboxylic acids is 1.